The summed E-state index contributed by atoms with van der Waals surface area (Å²) in [4.78, 5) is 0. The van der Waals surface area contributed by atoms with Gasteiger partial charge in [-0.15, -0.1) is 23.2 Å². The van der Waals surface area contributed by atoms with E-state index in [1.165, 1.54) is 0 Å². The van der Waals surface area contributed by atoms with Crippen molar-refractivity contribution >= 4 is 23.2 Å². The topological polar surface area (TPSA) is 20.2 Å². The van der Waals surface area contributed by atoms with Crippen molar-refractivity contribution in [2.24, 2.45) is 10.8 Å². The molecule has 0 atom stereocenters. The highest BCUT2D eigenvalue weighted by Crippen LogP contribution is 2.58. The molecule has 0 saturated carbocycles. The van der Waals surface area contributed by atoms with Crippen molar-refractivity contribution in [3.05, 3.63) is 11.8 Å². The van der Waals surface area contributed by atoms with Crippen LogP contribution in [0.25, 0.3) is 0 Å². The summed E-state index contributed by atoms with van der Waals surface area (Å²) in [6.45, 7) is 7.81. The van der Waals surface area contributed by atoms with Crippen LogP contribution in [0.3, 0.4) is 0 Å². The zero-order chi connectivity index (χ0) is 10.5. The van der Waals surface area contributed by atoms with E-state index in [1.54, 1.807) is 6.08 Å². The van der Waals surface area contributed by atoms with Crippen LogP contribution in [0.1, 0.15) is 34.1 Å². The van der Waals surface area contributed by atoms with Gasteiger partial charge in [-0.3, -0.25) is 0 Å². The van der Waals surface area contributed by atoms with Gasteiger partial charge in [-0.25, -0.2) is 0 Å². The summed E-state index contributed by atoms with van der Waals surface area (Å²) in [5, 5.41) is 9.56. The van der Waals surface area contributed by atoms with Crippen LogP contribution in [0.5, 0.6) is 0 Å². The summed E-state index contributed by atoms with van der Waals surface area (Å²) in [5.41, 5.74) is -0.708. The first-order chi connectivity index (χ1) is 5.60. The number of rotatable bonds is 0. The van der Waals surface area contributed by atoms with Gasteiger partial charge in [0.1, 0.15) is 4.33 Å². The predicted molar refractivity (Wildman–Crippen MR) is 57.3 cm³/mol. The molecule has 13 heavy (non-hydrogen) atoms. The first-order valence-electron chi connectivity index (χ1n) is 4.39. The van der Waals surface area contributed by atoms with Crippen LogP contribution >= 0.6 is 23.2 Å². The Balaban J connectivity index is 3.21. The van der Waals surface area contributed by atoms with Crippen molar-refractivity contribution < 1.29 is 5.11 Å². The van der Waals surface area contributed by atoms with Crippen LogP contribution < -0.4 is 0 Å². The number of hydrogen-bond acceptors (Lipinski definition) is 1. The standard InChI is InChI=1S/C10H16Cl2O/c1-8(2)5-7(13)6-9(3,4)10(8,11)12/h5,13H,6H2,1-4H3. The van der Waals surface area contributed by atoms with E-state index in [-0.39, 0.29) is 5.41 Å². The molecule has 0 unspecified atom stereocenters. The second-order valence-electron chi connectivity index (χ2n) is 4.99. The van der Waals surface area contributed by atoms with Crippen molar-refractivity contribution in [3.8, 4) is 0 Å². The highest BCUT2D eigenvalue weighted by Gasteiger charge is 2.54. The Bertz CT molecular complexity index is 252. The van der Waals surface area contributed by atoms with Crippen LogP contribution in [-0.2, 0) is 0 Å². The van der Waals surface area contributed by atoms with Gasteiger partial charge in [0.25, 0.3) is 0 Å². The Labute approximate surface area is 89.7 Å². The summed E-state index contributed by atoms with van der Waals surface area (Å²) >= 11 is 12.7. The molecule has 0 radical (unpaired) electrons. The Morgan fingerprint density at radius 1 is 1.23 bits per heavy atom. The largest absolute Gasteiger partial charge is 0.513 e. The lowest BCUT2D eigenvalue weighted by Crippen LogP contribution is -2.48. The number of aliphatic hydroxyl groups is 1. The molecule has 0 spiro atoms. The Kier molecular flexibility index (Phi) is 2.41. The number of aliphatic hydroxyl groups excluding tert-OH is 1. The van der Waals surface area contributed by atoms with Gasteiger partial charge in [0.15, 0.2) is 0 Å². The third-order valence-corrected chi connectivity index (χ3v) is 4.81. The summed E-state index contributed by atoms with van der Waals surface area (Å²) in [6.07, 6.45) is 2.28. The molecule has 3 heteroatoms. The van der Waals surface area contributed by atoms with Crippen molar-refractivity contribution in [2.45, 2.75) is 38.4 Å². The molecule has 0 aromatic rings. The average molecular weight is 223 g/mol. The minimum atomic E-state index is -0.841. The fourth-order valence-corrected chi connectivity index (χ4v) is 2.24. The summed E-state index contributed by atoms with van der Waals surface area (Å²) in [7, 11) is 0. The van der Waals surface area contributed by atoms with E-state index in [2.05, 4.69) is 0 Å². The van der Waals surface area contributed by atoms with Crippen molar-refractivity contribution in [3.63, 3.8) is 0 Å². The van der Waals surface area contributed by atoms with Crippen LogP contribution in [-0.4, -0.2) is 9.44 Å². The molecule has 0 saturated heterocycles. The molecule has 0 heterocycles. The highest BCUT2D eigenvalue weighted by molar-refractivity contribution is 6.49. The van der Waals surface area contributed by atoms with Crippen molar-refractivity contribution in [1.82, 2.24) is 0 Å². The van der Waals surface area contributed by atoms with Gasteiger partial charge in [-0.1, -0.05) is 27.7 Å². The molecule has 1 N–H and O–H groups in total. The second-order valence-corrected chi connectivity index (χ2v) is 6.32. The quantitative estimate of drug-likeness (QED) is 0.614. The van der Waals surface area contributed by atoms with Gasteiger partial charge in [0.05, 0.1) is 5.76 Å². The first kappa shape index (κ1) is 11.2. The van der Waals surface area contributed by atoms with Gasteiger partial charge >= 0.3 is 0 Å². The normalized spacial score (nSPS) is 29.5. The minimum Gasteiger partial charge on any atom is -0.513 e. The van der Waals surface area contributed by atoms with Gasteiger partial charge in [-0.2, -0.15) is 0 Å². The fraction of sp³-hybridized carbons (Fsp3) is 0.800. The molecule has 76 valence electrons. The summed E-state index contributed by atoms with van der Waals surface area (Å²) < 4.78 is -0.841. The number of hydrogen-bond donors (Lipinski definition) is 1. The number of halogens is 2. The molecule has 1 nitrogen and oxygen atoms in total. The second kappa shape index (κ2) is 2.80. The predicted octanol–water partition coefficient (Wildman–Crippen LogP) is 4.06. The van der Waals surface area contributed by atoms with Gasteiger partial charge in [-0.05, 0) is 6.08 Å². The molecule has 1 aliphatic rings. The van der Waals surface area contributed by atoms with Gasteiger partial charge < -0.3 is 5.11 Å². The third kappa shape index (κ3) is 1.57. The number of alkyl halides is 2. The molecule has 0 amide bonds. The molecule has 1 aliphatic carbocycles. The SMILES string of the molecule is CC1(C)C=C(O)CC(C)(C)C1(Cl)Cl. The maximum absolute atomic E-state index is 9.56. The Morgan fingerprint density at radius 2 is 1.69 bits per heavy atom. The van der Waals surface area contributed by atoms with E-state index in [4.69, 9.17) is 23.2 Å². The molecular weight excluding hydrogens is 207 g/mol. The third-order valence-electron chi connectivity index (χ3n) is 2.81. The van der Waals surface area contributed by atoms with E-state index in [0.29, 0.717) is 12.2 Å². The molecular formula is C10H16Cl2O. The molecule has 0 aliphatic heterocycles. The lowest BCUT2D eigenvalue weighted by atomic mass is 9.67. The summed E-state index contributed by atoms with van der Waals surface area (Å²) in [6, 6.07) is 0. The van der Waals surface area contributed by atoms with Gasteiger partial charge in [0.2, 0.25) is 0 Å². The van der Waals surface area contributed by atoms with E-state index < -0.39 is 9.75 Å². The zero-order valence-corrected chi connectivity index (χ0v) is 10.00. The summed E-state index contributed by atoms with van der Waals surface area (Å²) in [5.74, 6) is 0.381. The lowest BCUT2D eigenvalue weighted by Gasteiger charge is -2.49. The van der Waals surface area contributed by atoms with Crippen molar-refractivity contribution in [1.29, 1.82) is 0 Å². The number of allylic oxidation sites excluding steroid dienone is 2. The van der Waals surface area contributed by atoms with E-state index in [0.717, 1.165) is 0 Å². The van der Waals surface area contributed by atoms with Gasteiger partial charge in [0, 0.05) is 17.3 Å². The van der Waals surface area contributed by atoms with Crippen LogP contribution in [0, 0.1) is 10.8 Å². The van der Waals surface area contributed by atoms with Crippen LogP contribution in [0.15, 0.2) is 11.8 Å². The first-order valence-corrected chi connectivity index (χ1v) is 5.14. The molecule has 1 rings (SSSR count). The lowest BCUT2D eigenvalue weighted by molar-refractivity contribution is 0.155. The van der Waals surface area contributed by atoms with Crippen LogP contribution in [0.4, 0.5) is 0 Å². The molecule has 0 aromatic carbocycles. The molecule has 0 bridgehead atoms. The zero-order valence-electron chi connectivity index (χ0n) is 8.49. The van der Waals surface area contributed by atoms with E-state index in [1.807, 2.05) is 27.7 Å². The maximum Gasteiger partial charge on any atom is 0.132 e. The Morgan fingerprint density at radius 3 is 2.08 bits per heavy atom. The smallest absolute Gasteiger partial charge is 0.132 e. The van der Waals surface area contributed by atoms with Crippen LogP contribution in [0.2, 0.25) is 0 Å². The highest BCUT2D eigenvalue weighted by atomic mass is 35.5. The monoisotopic (exact) mass is 222 g/mol. The fourth-order valence-electron chi connectivity index (χ4n) is 1.99. The van der Waals surface area contributed by atoms with E-state index >= 15 is 0 Å². The maximum atomic E-state index is 9.56. The van der Waals surface area contributed by atoms with Crippen molar-refractivity contribution in [2.75, 3.05) is 0 Å². The minimum absolute atomic E-state index is 0.307. The Hall–Kier alpha value is 0.120. The average Bonchev–Trinajstić information content (AvgIpc) is 1.80. The molecule has 0 fully saturated rings. The molecule has 0 aromatic heterocycles. The van der Waals surface area contributed by atoms with E-state index in [9.17, 15) is 5.11 Å².